The minimum Gasteiger partial charge on any atom is -0.366 e. The maximum absolute atomic E-state index is 13.4. The Morgan fingerprint density at radius 2 is 2.04 bits per heavy atom. The van der Waals surface area contributed by atoms with Crippen LogP contribution in [0.15, 0.2) is 42.5 Å². The van der Waals surface area contributed by atoms with Crippen molar-refractivity contribution < 1.29 is 14.0 Å². The molecule has 6 heteroatoms. The third-order valence-electron chi connectivity index (χ3n) is 4.50. The number of hydrogen-bond acceptors (Lipinski definition) is 3. The lowest BCUT2D eigenvalue weighted by Gasteiger charge is -2.36. The Kier molecular flexibility index (Phi) is 4.70. The second-order valence-corrected chi connectivity index (χ2v) is 6.25. The second-order valence-electron chi connectivity index (χ2n) is 6.25. The van der Waals surface area contributed by atoms with Gasteiger partial charge in [0, 0.05) is 11.7 Å². The minimum absolute atomic E-state index is 0.118. The van der Waals surface area contributed by atoms with E-state index in [0.29, 0.717) is 5.69 Å². The van der Waals surface area contributed by atoms with Crippen LogP contribution in [0.2, 0.25) is 0 Å². The molecule has 1 atom stereocenters. The number of fused-ring (bicyclic) bond motifs is 1. The standard InChI is InChI=1S/C19H20FN3O2/c1-12-6-7-13-10-14(20)8-9-17(13)23(12)11-18(24)22-16-5-3-2-4-15(16)19(21)25/h2-5,8-10,12H,6-7,11H2,1H3,(H2,21,25)(H,22,24). The first-order chi connectivity index (χ1) is 12.0. The van der Waals surface area contributed by atoms with E-state index in [1.807, 2.05) is 11.8 Å². The van der Waals surface area contributed by atoms with Crippen molar-refractivity contribution in [3.8, 4) is 0 Å². The topological polar surface area (TPSA) is 75.4 Å². The Bertz CT molecular complexity index is 822. The molecule has 2 amide bonds. The van der Waals surface area contributed by atoms with Gasteiger partial charge in [0.1, 0.15) is 5.82 Å². The molecule has 1 unspecified atom stereocenters. The van der Waals surface area contributed by atoms with Gasteiger partial charge in [-0.05, 0) is 55.7 Å². The van der Waals surface area contributed by atoms with E-state index in [1.165, 1.54) is 12.1 Å². The number of carbonyl (C=O) groups is 2. The molecule has 3 N–H and O–H groups in total. The number of aryl methyl sites for hydroxylation is 1. The summed E-state index contributed by atoms with van der Waals surface area (Å²) in [6, 6.07) is 11.4. The number of halogens is 1. The maximum Gasteiger partial charge on any atom is 0.250 e. The van der Waals surface area contributed by atoms with Crippen LogP contribution in [0, 0.1) is 5.82 Å². The van der Waals surface area contributed by atoms with Gasteiger partial charge in [-0.1, -0.05) is 12.1 Å². The summed E-state index contributed by atoms with van der Waals surface area (Å²) in [6.07, 6.45) is 1.64. The Balaban J connectivity index is 1.79. The van der Waals surface area contributed by atoms with Crippen molar-refractivity contribution in [2.75, 3.05) is 16.8 Å². The lowest BCUT2D eigenvalue weighted by atomic mass is 9.96. The Labute approximate surface area is 145 Å². The minimum atomic E-state index is -0.594. The van der Waals surface area contributed by atoms with Crippen LogP contribution in [0.5, 0.6) is 0 Å². The SMILES string of the molecule is CC1CCc2cc(F)ccc2N1CC(=O)Nc1ccccc1C(N)=O. The van der Waals surface area contributed by atoms with Crippen LogP contribution >= 0.6 is 0 Å². The first-order valence-electron chi connectivity index (χ1n) is 8.19. The van der Waals surface area contributed by atoms with Gasteiger partial charge in [-0.25, -0.2) is 4.39 Å². The third kappa shape index (κ3) is 3.63. The highest BCUT2D eigenvalue weighted by Gasteiger charge is 2.25. The molecule has 2 aromatic rings. The van der Waals surface area contributed by atoms with Gasteiger partial charge >= 0.3 is 0 Å². The molecule has 130 valence electrons. The Hall–Kier alpha value is -2.89. The molecule has 1 aliphatic heterocycles. The number of primary amides is 1. The van der Waals surface area contributed by atoms with Crippen molar-refractivity contribution in [2.24, 2.45) is 5.73 Å². The molecule has 3 rings (SSSR count). The number of benzene rings is 2. The maximum atomic E-state index is 13.4. The monoisotopic (exact) mass is 341 g/mol. The molecule has 5 nitrogen and oxygen atoms in total. The van der Waals surface area contributed by atoms with Crippen LogP contribution in [-0.4, -0.2) is 24.4 Å². The van der Waals surface area contributed by atoms with Gasteiger partial charge in [0.15, 0.2) is 0 Å². The van der Waals surface area contributed by atoms with Crippen LogP contribution < -0.4 is 16.0 Å². The van der Waals surface area contributed by atoms with Crippen molar-refractivity contribution in [3.63, 3.8) is 0 Å². The van der Waals surface area contributed by atoms with E-state index >= 15 is 0 Å². The molecule has 0 aliphatic carbocycles. The molecule has 25 heavy (non-hydrogen) atoms. The first kappa shape index (κ1) is 17.0. The lowest BCUT2D eigenvalue weighted by molar-refractivity contribution is -0.115. The average molecular weight is 341 g/mol. The summed E-state index contributed by atoms with van der Waals surface area (Å²) in [4.78, 5) is 25.9. The summed E-state index contributed by atoms with van der Waals surface area (Å²) in [7, 11) is 0. The molecular weight excluding hydrogens is 321 g/mol. The summed E-state index contributed by atoms with van der Waals surface area (Å²) in [6.45, 7) is 2.16. The zero-order valence-electron chi connectivity index (χ0n) is 14.0. The summed E-state index contributed by atoms with van der Waals surface area (Å²) in [5, 5.41) is 2.75. The Morgan fingerprint density at radius 3 is 2.80 bits per heavy atom. The highest BCUT2D eigenvalue weighted by Crippen LogP contribution is 2.31. The van der Waals surface area contributed by atoms with E-state index in [9.17, 15) is 14.0 Å². The number of hydrogen-bond donors (Lipinski definition) is 2. The van der Waals surface area contributed by atoms with Crippen molar-refractivity contribution >= 4 is 23.2 Å². The molecule has 0 spiro atoms. The number of amides is 2. The third-order valence-corrected chi connectivity index (χ3v) is 4.50. The molecule has 0 aromatic heterocycles. The van der Waals surface area contributed by atoms with Crippen LogP contribution in [0.3, 0.4) is 0 Å². The second kappa shape index (κ2) is 6.93. The molecule has 0 saturated carbocycles. The summed E-state index contributed by atoms with van der Waals surface area (Å²) in [5.74, 6) is -1.12. The highest BCUT2D eigenvalue weighted by atomic mass is 19.1. The molecule has 1 aliphatic rings. The summed E-state index contributed by atoms with van der Waals surface area (Å²) < 4.78 is 13.4. The average Bonchev–Trinajstić information content (AvgIpc) is 2.57. The fraction of sp³-hybridized carbons (Fsp3) is 0.263. The summed E-state index contributed by atoms with van der Waals surface area (Å²) >= 11 is 0. The van der Waals surface area contributed by atoms with Crippen molar-refractivity contribution in [3.05, 3.63) is 59.4 Å². The van der Waals surface area contributed by atoms with E-state index in [-0.39, 0.29) is 29.9 Å². The predicted octanol–water partition coefficient (Wildman–Crippen LogP) is 2.70. The summed E-state index contributed by atoms with van der Waals surface area (Å²) in [5.41, 5.74) is 7.78. The van der Waals surface area contributed by atoms with Crippen LogP contribution in [-0.2, 0) is 11.2 Å². The number of nitrogens with zero attached hydrogens (tertiary/aromatic N) is 1. The van der Waals surface area contributed by atoms with Gasteiger partial charge in [0.25, 0.3) is 5.91 Å². The largest absolute Gasteiger partial charge is 0.366 e. The van der Waals surface area contributed by atoms with E-state index < -0.39 is 5.91 Å². The molecule has 0 bridgehead atoms. The number of rotatable bonds is 4. The zero-order chi connectivity index (χ0) is 18.0. The van der Waals surface area contributed by atoms with Crippen LogP contribution in [0.25, 0.3) is 0 Å². The zero-order valence-corrected chi connectivity index (χ0v) is 14.0. The number of para-hydroxylation sites is 1. The molecule has 0 fully saturated rings. The molecule has 1 heterocycles. The van der Waals surface area contributed by atoms with Crippen LogP contribution in [0.1, 0.15) is 29.3 Å². The fourth-order valence-corrected chi connectivity index (χ4v) is 3.18. The van der Waals surface area contributed by atoms with Gasteiger partial charge in [0.05, 0.1) is 17.8 Å². The smallest absolute Gasteiger partial charge is 0.250 e. The number of nitrogens with one attached hydrogen (secondary N) is 1. The normalized spacial score (nSPS) is 16.2. The van der Waals surface area contributed by atoms with Gasteiger partial charge in [-0.3, -0.25) is 9.59 Å². The Morgan fingerprint density at radius 1 is 1.28 bits per heavy atom. The van der Waals surface area contributed by atoms with Gasteiger partial charge in [-0.2, -0.15) is 0 Å². The van der Waals surface area contributed by atoms with Crippen LogP contribution in [0.4, 0.5) is 15.8 Å². The van der Waals surface area contributed by atoms with Crippen molar-refractivity contribution in [1.29, 1.82) is 0 Å². The molecule has 0 saturated heterocycles. The van der Waals surface area contributed by atoms with E-state index in [4.69, 9.17) is 5.73 Å². The molecular formula is C19H20FN3O2. The molecule has 0 radical (unpaired) electrons. The lowest BCUT2D eigenvalue weighted by Crippen LogP contribution is -2.42. The number of anilines is 2. The van der Waals surface area contributed by atoms with E-state index in [0.717, 1.165) is 24.1 Å². The molecule has 2 aromatic carbocycles. The van der Waals surface area contributed by atoms with Gasteiger partial charge in [0.2, 0.25) is 5.91 Å². The van der Waals surface area contributed by atoms with Crippen molar-refractivity contribution in [1.82, 2.24) is 0 Å². The highest BCUT2D eigenvalue weighted by molar-refractivity contribution is 6.03. The fourth-order valence-electron chi connectivity index (χ4n) is 3.18. The predicted molar refractivity (Wildman–Crippen MR) is 95.1 cm³/mol. The van der Waals surface area contributed by atoms with E-state index in [1.54, 1.807) is 30.3 Å². The van der Waals surface area contributed by atoms with Crippen molar-refractivity contribution in [2.45, 2.75) is 25.8 Å². The quantitative estimate of drug-likeness (QED) is 0.898. The van der Waals surface area contributed by atoms with E-state index in [2.05, 4.69) is 5.32 Å². The number of nitrogens with two attached hydrogens (primary N) is 1. The van der Waals surface area contributed by atoms with Gasteiger partial charge < -0.3 is 16.0 Å². The number of carbonyl (C=O) groups excluding carboxylic acids is 2. The van der Waals surface area contributed by atoms with Gasteiger partial charge in [-0.15, -0.1) is 0 Å². The first-order valence-corrected chi connectivity index (χ1v) is 8.19.